The molecule has 0 saturated carbocycles. The number of anilines is 2. The van der Waals surface area contributed by atoms with Gasteiger partial charge in [-0.2, -0.15) is 0 Å². The van der Waals surface area contributed by atoms with E-state index >= 15 is 0 Å². The Kier molecular flexibility index (Phi) is 7.17. The SMILES string of the molecule is [C-]#[N+]c1ccc(NC(=S)N(c2ccc(OCN(C)C)c(F)c2)C(C)(C)C)cc1C. The van der Waals surface area contributed by atoms with Gasteiger partial charge in [0.2, 0.25) is 0 Å². The second kappa shape index (κ2) is 9.21. The second-order valence-electron chi connectivity index (χ2n) is 8.02. The minimum absolute atomic E-state index is 0.195. The number of hydrogen-bond donors (Lipinski definition) is 1. The van der Waals surface area contributed by atoms with Crippen molar-refractivity contribution in [2.45, 2.75) is 33.2 Å². The van der Waals surface area contributed by atoms with Gasteiger partial charge in [-0.1, -0.05) is 6.07 Å². The summed E-state index contributed by atoms with van der Waals surface area (Å²) in [6.07, 6.45) is 0. The van der Waals surface area contributed by atoms with Crippen LogP contribution in [0, 0.1) is 19.3 Å². The average Bonchev–Trinajstić information content (AvgIpc) is 2.60. The van der Waals surface area contributed by atoms with E-state index in [9.17, 15) is 4.39 Å². The van der Waals surface area contributed by atoms with Crippen LogP contribution in [0.3, 0.4) is 0 Å². The maximum atomic E-state index is 14.6. The van der Waals surface area contributed by atoms with E-state index in [4.69, 9.17) is 23.5 Å². The minimum Gasteiger partial charge on any atom is -0.475 e. The van der Waals surface area contributed by atoms with Crippen LogP contribution in [0.15, 0.2) is 36.4 Å². The lowest BCUT2D eigenvalue weighted by Gasteiger charge is -2.38. The second-order valence-corrected chi connectivity index (χ2v) is 8.40. The highest BCUT2D eigenvalue weighted by Crippen LogP contribution is 2.30. The number of benzene rings is 2. The number of halogens is 1. The van der Waals surface area contributed by atoms with Crippen molar-refractivity contribution in [3.63, 3.8) is 0 Å². The Bertz CT molecular complexity index is 931. The first-order chi connectivity index (χ1) is 13.5. The van der Waals surface area contributed by atoms with Gasteiger partial charge in [0.05, 0.1) is 6.57 Å². The molecule has 0 fully saturated rings. The normalized spacial score (nSPS) is 11.1. The number of rotatable bonds is 5. The number of nitrogens with one attached hydrogen (secondary N) is 1. The maximum Gasteiger partial charge on any atom is 0.190 e. The summed E-state index contributed by atoms with van der Waals surface area (Å²) in [5, 5.41) is 3.65. The summed E-state index contributed by atoms with van der Waals surface area (Å²) < 4.78 is 20.1. The number of ether oxygens (including phenoxy) is 1. The van der Waals surface area contributed by atoms with E-state index in [0.29, 0.717) is 23.2 Å². The van der Waals surface area contributed by atoms with Crippen LogP contribution in [0.2, 0.25) is 0 Å². The Morgan fingerprint density at radius 1 is 1.21 bits per heavy atom. The van der Waals surface area contributed by atoms with Crippen LogP contribution in [0.4, 0.5) is 21.5 Å². The summed E-state index contributed by atoms with van der Waals surface area (Å²) in [7, 11) is 3.70. The summed E-state index contributed by atoms with van der Waals surface area (Å²) in [4.78, 5) is 7.15. The van der Waals surface area contributed by atoms with E-state index < -0.39 is 11.4 Å². The first-order valence-corrected chi connectivity index (χ1v) is 9.60. The molecular formula is C22H27FN4OS. The highest BCUT2D eigenvalue weighted by molar-refractivity contribution is 7.80. The van der Waals surface area contributed by atoms with Crippen molar-refractivity contribution in [3.05, 3.63) is 59.2 Å². The topological polar surface area (TPSA) is 32.1 Å². The van der Waals surface area contributed by atoms with E-state index in [1.807, 2.05) is 63.7 Å². The Hall–Kier alpha value is -2.69. The van der Waals surface area contributed by atoms with Crippen molar-refractivity contribution < 1.29 is 9.13 Å². The average molecular weight is 415 g/mol. The third-order valence-corrected chi connectivity index (χ3v) is 4.38. The van der Waals surface area contributed by atoms with E-state index in [1.54, 1.807) is 18.2 Å². The highest BCUT2D eigenvalue weighted by atomic mass is 32.1. The highest BCUT2D eigenvalue weighted by Gasteiger charge is 2.27. The van der Waals surface area contributed by atoms with Gasteiger partial charge in [0, 0.05) is 23.0 Å². The molecule has 2 rings (SSSR count). The minimum atomic E-state index is -0.446. The smallest absolute Gasteiger partial charge is 0.190 e. The number of aryl methyl sites for hydroxylation is 1. The predicted octanol–water partition coefficient (Wildman–Crippen LogP) is 5.58. The zero-order valence-electron chi connectivity index (χ0n) is 17.7. The molecule has 0 heterocycles. The third-order valence-electron chi connectivity index (χ3n) is 4.09. The lowest BCUT2D eigenvalue weighted by molar-refractivity contribution is 0.173. The van der Waals surface area contributed by atoms with E-state index in [0.717, 1.165) is 11.3 Å². The molecule has 7 heteroatoms. The van der Waals surface area contributed by atoms with Crippen LogP contribution in [0.5, 0.6) is 5.75 Å². The summed E-state index contributed by atoms with van der Waals surface area (Å²) in [5.41, 5.74) is 2.47. The molecule has 29 heavy (non-hydrogen) atoms. The summed E-state index contributed by atoms with van der Waals surface area (Å²) in [6.45, 7) is 15.4. The van der Waals surface area contributed by atoms with Gasteiger partial charge < -0.3 is 15.0 Å². The van der Waals surface area contributed by atoms with Crippen molar-refractivity contribution in [2.24, 2.45) is 0 Å². The van der Waals surface area contributed by atoms with Crippen molar-refractivity contribution in [1.82, 2.24) is 4.90 Å². The standard InChI is InChI=1S/C22H27FN4OS/c1-15-12-16(8-10-19(15)24-5)25-21(29)27(22(2,3)4)17-9-11-20(18(23)13-17)28-14-26(6)7/h8-13H,14H2,1-4,6-7H3,(H,25,29). The maximum absolute atomic E-state index is 14.6. The molecule has 0 spiro atoms. The molecule has 0 saturated heterocycles. The van der Waals surface area contributed by atoms with Crippen molar-refractivity contribution in [1.29, 1.82) is 0 Å². The third kappa shape index (κ3) is 5.89. The molecule has 0 atom stereocenters. The van der Waals surface area contributed by atoms with Gasteiger partial charge in [-0.15, -0.1) is 0 Å². The van der Waals surface area contributed by atoms with Gasteiger partial charge in [0.1, 0.15) is 6.73 Å². The van der Waals surface area contributed by atoms with E-state index in [-0.39, 0.29) is 5.75 Å². The van der Waals surface area contributed by atoms with Crippen LogP contribution in [-0.2, 0) is 0 Å². The van der Waals surface area contributed by atoms with Gasteiger partial charge in [-0.25, -0.2) is 9.24 Å². The lowest BCUT2D eigenvalue weighted by Crippen LogP contribution is -2.48. The molecule has 0 radical (unpaired) electrons. The van der Waals surface area contributed by atoms with Crippen molar-refractivity contribution in [2.75, 3.05) is 31.0 Å². The molecule has 2 aromatic carbocycles. The zero-order valence-corrected chi connectivity index (χ0v) is 18.5. The fraction of sp³-hybridized carbons (Fsp3) is 0.364. The summed E-state index contributed by atoms with van der Waals surface area (Å²) in [6, 6.07) is 10.3. The van der Waals surface area contributed by atoms with Gasteiger partial charge >= 0.3 is 0 Å². The molecule has 0 amide bonds. The quantitative estimate of drug-likeness (QED) is 0.392. The molecule has 1 N–H and O–H groups in total. The molecule has 0 bridgehead atoms. The monoisotopic (exact) mass is 414 g/mol. The Morgan fingerprint density at radius 2 is 1.90 bits per heavy atom. The van der Waals surface area contributed by atoms with Crippen LogP contribution in [-0.4, -0.2) is 36.4 Å². The zero-order chi connectivity index (χ0) is 21.8. The first kappa shape index (κ1) is 22.6. The number of hydrogen-bond acceptors (Lipinski definition) is 3. The van der Waals surface area contributed by atoms with Gasteiger partial charge in [0.25, 0.3) is 0 Å². The molecule has 0 aliphatic rings. The van der Waals surface area contributed by atoms with Crippen molar-refractivity contribution >= 4 is 34.4 Å². The molecule has 0 aliphatic heterocycles. The molecule has 0 aliphatic carbocycles. The van der Waals surface area contributed by atoms with Crippen LogP contribution >= 0.6 is 12.2 Å². The Labute approximate surface area is 177 Å². The Morgan fingerprint density at radius 3 is 2.41 bits per heavy atom. The molecule has 154 valence electrons. The van der Waals surface area contributed by atoms with Crippen LogP contribution in [0.25, 0.3) is 4.85 Å². The van der Waals surface area contributed by atoms with Gasteiger partial charge in [-0.05, 0) is 83.8 Å². The summed E-state index contributed by atoms with van der Waals surface area (Å²) in [5.74, 6) is -0.251. The molecular weight excluding hydrogens is 387 g/mol. The van der Waals surface area contributed by atoms with Gasteiger partial charge in [0.15, 0.2) is 22.4 Å². The summed E-state index contributed by atoms with van der Waals surface area (Å²) >= 11 is 5.65. The van der Waals surface area contributed by atoms with Gasteiger partial charge in [-0.3, -0.25) is 4.90 Å². The van der Waals surface area contributed by atoms with E-state index in [2.05, 4.69) is 10.2 Å². The molecule has 0 unspecified atom stereocenters. The van der Waals surface area contributed by atoms with Crippen LogP contribution < -0.4 is 15.0 Å². The fourth-order valence-corrected chi connectivity index (χ4v) is 3.29. The largest absolute Gasteiger partial charge is 0.475 e. The Balaban J connectivity index is 2.30. The molecule has 0 aromatic heterocycles. The number of thiocarbonyl (C=S) groups is 1. The molecule has 2 aromatic rings. The number of nitrogens with zero attached hydrogens (tertiary/aromatic N) is 3. The first-order valence-electron chi connectivity index (χ1n) is 9.19. The van der Waals surface area contributed by atoms with E-state index in [1.165, 1.54) is 6.07 Å². The molecule has 5 nitrogen and oxygen atoms in total. The van der Waals surface area contributed by atoms with Crippen LogP contribution in [0.1, 0.15) is 26.3 Å². The van der Waals surface area contributed by atoms with Crippen molar-refractivity contribution in [3.8, 4) is 5.75 Å². The predicted molar refractivity (Wildman–Crippen MR) is 121 cm³/mol. The fourth-order valence-electron chi connectivity index (χ4n) is 2.79. The lowest BCUT2D eigenvalue weighted by atomic mass is 10.1.